The Kier molecular flexibility index (Phi) is 4.62. The van der Waals surface area contributed by atoms with E-state index < -0.39 is 0 Å². The van der Waals surface area contributed by atoms with E-state index in [1.54, 1.807) is 18.0 Å². The maximum absolute atomic E-state index is 12.7. The lowest BCUT2D eigenvalue weighted by Gasteiger charge is -2.35. The zero-order valence-corrected chi connectivity index (χ0v) is 15.5. The van der Waals surface area contributed by atoms with Crippen LogP contribution in [0.1, 0.15) is 11.1 Å². The molecule has 0 bridgehead atoms. The van der Waals surface area contributed by atoms with E-state index in [2.05, 4.69) is 20.2 Å². The SMILES string of the molecule is COc1ccc(CC(=O)N2CCN(c3ccc4nncn4n3)CC2)cc1C. The molecular formula is C19H22N6O2. The number of aromatic nitrogens is 4. The van der Waals surface area contributed by atoms with Gasteiger partial charge in [-0.05, 0) is 36.2 Å². The number of hydrogen-bond donors (Lipinski definition) is 0. The van der Waals surface area contributed by atoms with Crippen LogP contribution in [0.15, 0.2) is 36.7 Å². The van der Waals surface area contributed by atoms with E-state index in [1.165, 1.54) is 0 Å². The molecule has 1 saturated heterocycles. The Morgan fingerprint density at radius 1 is 1.15 bits per heavy atom. The number of hydrogen-bond acceptors (Lipinski definition) is 6. The number of amides is 1. The third-order valence-corrected chi connectivity index (χ3v) is 4.92. The molecule has 140 valence electrons. The molecule has 1 amide bonds. The highest BCUT2D eigenvalue weighted by Gasteiger charge is 2.22. The summed E-state index contributed by atoms with van der Waals surface area (Å²) in [7, 11) is 1.66. The molecule has 0 aliphatic carbocycles. The smallest absolute Gasteiger partial charge is 0.227 e. The predicted octanol–water partition coefficient (Wildman–Crippen LogP) is 1.33. The summed E-state index contributed by atoms with van der Waals surface area (Å²) < 4.78 is 6.95. The molecule has 1 aliphatic heterocycles. The number of benzene rings is 1. The van der Waals surface area contributed by atoms with Crippen LogP contribution >= 0.6 is 0 Å². The van der Waals surface area contributed by atoms with Crippen LogP contribution in [0.3, 0.4) is 0 Å². The maximum atomic E-state index is 12.7. The molecule has 4 rings (SSSR count). The van der Waals surface area contributed by atoms with Crippen molar-refractivity contribution in [1.29, 1.82) is 0 Å². The van der Waals surface area contributed by atoms with E-state index in [0.717, 1.165) is 41.4 Å². The molecule has 0 unspecified atom stereocenters. The van der Waals surface area contributed by atoms with Crippen LogP contribution in [-0.2, 0) is 11.2 Å². The van der Waals surface area contributed by atoms with Gasteiger partial charge in [0.05, 0.1) is 13.5 Å². The monoisotopic (exact) mass is 366 g/mol. The number of carbonyl (C=O) groups excluding carboxylic acids is 1. The molecule has 2 aromatic heterocycles. The molecule has 0 atom stereocenters. The Balaban J connectivity index is 1.36. The Morgan fingerprint density at radius 2 is 1.96 bits per heavy atom. The summed E-state index contributed by atoms with van der Waals surface area (Å²) in [5, 5.41) is 12.3. The second-order valence-electron chi connectivity index (χ2n) is 6.67. The predicted molar refractivity (Wildman–Crippen MR) is 101 cm³/mol. The standard InChI is InChI=1S/C19H22N6O2/c1-14-11-15(3-4-16(14)27-2)12-19(26)24-9-7-23(8-10-24)18-6-5-17-21-20-13-25(17)22-18/h3-6,11,13H,7-10,12H2,1-2H3. The van der Waals surface area contributed by atoms with Gasteiger partial charge >= 0.3 is 0 Å². The van der Waals surface area contributed by atoms with E-state index in [9.17, 15) is 4.79 Å². The average molecular weight is 366 g/mol. The van der Waals surface area contributed by atoms with Crippen molar-refractivity contribution in [3.63, 3.8) is 0 Å². The lowest BCUT2D eigenvalue weighted by Crippen LogP contribution is -2.49. The third-order valence-electron chi connectivity index (χ3n) is 4.92. The minimum Gasteiger partial charge on any atom is -0.496 e. The van der Waals surface area contributed by atoms with Crippen molar-refractivity contribution in [1.82, 2.24) is 24.7 Å². The van der Waals surface area contributed by atoms with Gasteiger partial charge in [0.1, 0.15) is 17.9 Å². The van der Waals surface area contributed by atoms with Crippen LogP contribution < -0.4 is 9.64 Å². The summed E-state index contributed by atoms with van der Waals surface area (Å²) >= 11 is 0. The molecule has 0 N–H and O–H groups in total. The molecule has 1 fully saturated rings. The highest BCUT2D eigenvalue weighted by atomic mass is 16.5. The molecule has 0 radical (unpaired) electrons. The van der Waals surface area contributed by atoms with Gasteiger partial charge in [-0.15, -0.1) is 15.3 Å². The van der Waals surface area contributed by atoms with Crippen LogP contribution in [-0.4, -0.2) is 63.9 Å². The van der Waals surface area contributed by atoms with Crippen LogP contribution in [0.5, 0.6) is 5.75 Å². The van der Waals surface area contributed by atoms with Crippen molar-refractivity contribution in [3.8, 4) is 5.75 Å². The highest BCUT2D eigenvalue weighted by Crippen LogP contribution is 2.20. The van der Waals surface area contributed by atoms with E-state index in [0.29, 0.717) is 19.5 Å². The second-order valence-corrected chi connectivity index (χ2v) is 6.67. The number of carbonyl (C=O) groups is 1. The van der Waals surface area contributed by atoms with Crippen molar-refractivity contribution in [2.24, 2.45) is 0 Å². The number of rotatable bonds is 4. The fraction of sp³-hybridized carbons (Fsp3) is 0.368. The van der Waals surface area contributed by atoms with Gasteiger partial charge in [-0.1, -0.05) is 12.1 Å². The van der Waals surface area contributed by atoms with E-state index in [-0.39, 0.29) is 5.91 Å². The third kappa shape index (κ3) is 3.55. The summed E-state index contributed by atoms with van der Waals surface area (Å²) in [5.74, 6) is 1.87. The molecule has 1 aromatic carbocycles. The molecule has 8 heteroatoms. The molecule has 27 heavy (non-hydrogen) atoms. The maximum Gasteiger partial charge on any atom is 0.227 e. The number of anilines is 1. The zero-order valence-electron chi connectivity index (χ0n) is 15.5. The van der Waals surface area contributed by atoms with Gasteiger partial charge < -0.3 is 14.5 Å². The number of aryl methyl sites for hydroxylation is 1. The molecule has 0 saturated carbocycles. The van der Waals surface area contributed by atoms with Gasteiger partial charge in [-0.2, -0.15) is 4.52 Å². The fourth-order valence-corrected chi connectivity index (χ4v) is 3.41. The zero-order chi connectivity index (χ0) is 18.8. The van der Waals surface area contributed by atoms with E-state index in [1.807, 2.05) is 42.2 Å². The minimum absolute atomic E-state index is 0.154. The van der Waals surface area contributed by atoms with Crippen LogP contribution in [0.4, 0.5) is 5.82 Å². The Bertz CT molecular complexity index is 962. The number of fused-ring (bicyclic) bond motifs is 1. The Hall–Kier alpha value is -3.16. The largest absolute Gasteiger partial charge is 0.496 e. The first-order chi connectivity index (χ1) is 13.1. The number of piperazine rings is 1. The van der Waals surface area contributed by atoms with Gasteiger partial charge in [0, 0.05) is 26.2 Å². The van der Waals surface area contributed by atoms with Gasteiger partial charge in [0.2, 0.25) is 5.91 Å². The molecular weight excluding hydrogens is 344 g/mol. The van der Waals surface area contributed by atoms with Gasteiger partial charge in [-0.25, -0.2) is 0 Å². The summed E-state index contributed by atoms with van der Waals surface area (Å²) in [6, 6.07) is 9.74. The summed E-state index contributed by atoms with van der Waals surface area (Å²) in [6.07, 6.45) is 2.01. The second kappa shape index (κ2) is 7.22. The molecule has 3 aromatic rings. The van der Waals surface area contributed by atoms with Crippen molar-refractivity contribution in [3.05, 3.63) is 47.8 Å². The topological polar surface area (TPSA) is 75.9 Å². The summed E-state index contributed by atoms with van der Waals surface area (Å²) in [5.41, 5.74) is 2.78. The summed E-state index contributed by atoms with van der Waals surface area (Å²) in [6.45, 7) is 4.89. The first-order valence-corrected chi connectivity index (χ1v) is 8.97. The van der Waals surface area contributed by atoms with E-state index in [4.69, 9.17) is 4.74 Å². The van der Waals surface area contributed by atoms with E-state index >= 15 is 0 Å². The summed E-state index contributed by atoms with van der Waals surface area (Å²) in [4.78, 5) is 16.8. The van der Waals surface area contributed by atoms with Crippen LogP contribution in [0, 0.1) is 6.92 Å². The first-order valence-electron chi connectivity index (χ1n) is 8.97. The number of ether oxygens (including phenoxy) is 1. The molecule has 1 aliphatic rings. The quantitative estimate of drug-likeness (QED) is 0.693. The van der Waals surface area contributed by atoms with Gasteiger partial charge in [0.15, 0.2) is 5.65 Å². The van der Waals surface area contributed by atoms with Gasteiger partial charge in [-0.3, -0.25) is 4.79 Å². The van der Waals surface area contributed by atoms with Crippen molar-refractivity contribution in [2.45, 2.75) is 13.3 Å². The Morgan fingerprint density at radius 3 is 2.70 bits per heavy atom. The first kappa shape index (κ1) is 17.3. The lowest BCUT2D eigenvalue weighted by molar-refractivity contribution is -0.130. The molecule has 3 heterocycles. The Labute approximate surface area is 157 Å². The lowest BCUT2D eigenvalue weighted by atomic mass is 10.1. The average Bonchev–Trinajstić information content (AvgIpc) is 3.16. The number of nitrogens with zero attached hydrogens (tertiary/aromatic N) is 6. The fourth-order valence-electron chi connectivity index (χ4n) is 3.41. The minimum atomic E-state index is 0.154. The normalized spacial score (nSPS) is 14.6. The van der Waals surface area contributed by atoms with Crippen molar-refractivity contribution in [2.75, 3.05) is 38.2 Å². The van der Waals surface area contributed by atoms with Crippen LogP contribution in [0.25, 0.3) is 5.65 Å². The van der Waals surface area contributed by atoms with Gasteiger partial charge in [0.25, 0.3) is 0 Å². The molecule has 8 nitrogen and oxygen atoms in total. The highest BCUT2D eigenvalue weighted by molar-refractivity contribution is 5.79. The molecule has 0 spiro atoms. The van der Waals surface area contributed by atoms with Crippen molar-refractivity contribution < 1.29 is 9.53 Å². The number of methoxy groups -OCH3 is 1. The van der Waals surface area contributed by atoms with Crippen LogP contribution in [0.2, 0.25) is 0 Å². The van der Waals surface area contributed by atoms with Crippen molar-refractivity contribution >= 4 is 17.4 Å².